The van der Waals surface area contributed by atoms with Gasteiger partial charge in [0.2, 0.25) is 13.6 Å². The van der Waals surface area contributed by atoms with Crippen molar-refractivity contribution in [3.63, 3.8) is 0 Å². The number of carboxylic acid groups (broad SMARTS) is 1. The Morgan fingerprint density at radius 2 is 1.59 bits per heavy atom. The van der Waals surface area contributed by atoms with E-state index in [1.807, 2.05) is 37.3 Å². The normalized spacial score (nSPS) is 19.4. The maximum Gasteiger partial charge on any atom is 0.511 e. The van der Waals surface area contributed by atoms with E-state index in [0.29, 0.717) is 35.2 Å². The molecule has 3 aromatic rings. The molecule has 3 unspecified atom stereocenters. The van der Waals surface area contributed by atoms with Crippen molar-refractivity contribution in [2.75, 3.05) is 33.9 Å². The number of rotatable bonds is 13. The van der Waals surface area contributed by atoms with Gasteiger partial charge in [0.1, 0.15) is 23.4 Å². The van der Waals surface area contributed by atoms with Crippen LogP contribution in [0.3, 0.4) is 0 Å². The first-order valence-corrected chi connectivity index (χ1v) is 16.5. The van der Waals surface area contributed by atoms with Crippen LogP contribution in [0.4, 0.5) is 4.79 Å². The van der Waals surface area contributed by atoms with Gasteiger partial charge in [-0.25, -0.2) is 9.59 Å². The Morgan fingerprint density at radius 3 is 2.37 bits per heavy atom. The second-order valence-electron chi connectivity index (χ2n) is 12.2. The van der Waals surface area contributed by atoms with Crippen LogP contribution in [-0.2, 0) is 23.8 Å². The predicted molar refractivity (Wildman–Crippen MR) is 173 cm³/mol. The zero-order valence-corrected chi connectivity index (χ0v) is 27.5. The van der Waals surface area contributed by atoms with Gasteiger partial charge in [-0.15, -0.1) is 0 Å². The minimum absolute atomic E-state index is 0.0800. The van der Waals surface area contributed by atoms with Gasteiger partial charge in [0.15, 0.2) is 18.1 Å². The first-order chi connectivity index (χ1) is 23.9. The lowest BCUT2D eigenvalue weighted by Crippen LogP contribution is -2.28. The Labute approximate surface area is 284 Å². The molecular weight excluding hydrogens is 636 g/mol. The SMILES string of the molecule is CCCOc1ccc2c(c1)C(c1ccc(OC)cc1OCC(=O)O)C(C(=O)OCOC(=O)OC1CCCCC1)C2c1ccc2c(c1)OCO2. The Hall–Kier alpha value is -5.13. The maximum absolute atomic E-state index is 14.3. The number of benzene rings is 3. The Kier molecular flexibility index (Phi) is 10.6. The third-order valence-electron chi connectivity index (χ3n) is 9.05. The topological polar surface area (TPSA) is 145 Å². The molecule has 1 saturated carbocycles. The molecule has 2 aliphatic carbocycles. The second kappa shape index (κ2) is 15.4. The summed E-state index contributed by atoms with van der Waals surface area (Å²) < 4.78 is 44.8. The molecule has 3 aromatic carbocycles. The number of esters is 1. The van der Waals surface area contributed by atoms with Gasteiger partial charge in [0.05, 0.1) is 19.6 Å². The zero-order chi connectivity index (χ0) is 34.3. The van der Waals surface area contributed by atoms with E-state index < -0.39 is 49.2 Å². The minimum Gasteiger partial charge on any atom is -0.497 e. The van der Waals surface area contributed by atoms with Crippen molar-refractivity contribution in [2.24, 2.45) is 5.92 Å². The van der Waals surface area contributed by atoms with Gasteiger partial charge in [0.25, 0.3) is 0 Å². The summed E-state index contributed by atoms with van der Waals surface area (Å²) in [7, 11) is 1.49. The van der Waals surface area contributed by atoms with Crippen LogP contribution in [0.5, 0.6) is 28.7 Å². The van der Waals surface area contributed by atoms with Gasteiger partial charge in [-0.1, -0.05) is 31.5 Å². The van der Waals surface area contributed by atoms with E-state index in [1.165, 1.54) is 7.11 Å². The lowest BCUT2D eigenvalue weighted by Gasteiger charge is -2.26. The largest absolute Gasteiger partial charge is 0.511 e. The quantitative estimate of drug-likeness (QED) is 0.155. The molecule has 3 atom stereocenters. The summed E-state index contributed by atoms with van der Waals surface area (Å²) in [5.74, 6) is -1.58. The highest BCUT2D eigenvalue weighted by Gasteiger charge is 2.49. The summed E-state index contributed by atoms with van der Waals surface area (Å²) in [6.45, 7) is 1.32. The summed E-state index contributed by atoms with van der Waals surface area (Å²) in [4.78, 5) is 38.4. The number of carbonyl (C=O) groups excluding carboxylic acids is 2. The number of hydrogen-bond acceptors (Lipinski definition) is 11. The fraction of sp³-hybridized carbons (Fsp3) is 0.432. The van der Waals surface area contributed by atoms with E-state index in [1.54, 1.807) is 24.3 Å². The summed E-state index contributed by atoms with van der Waals surface area (Å²) in [6.07, 6.45) is 4.28. The van der Waals surface area contributed by atoms with E-state index in [-0.39, 0.29) is 18.6 Å². The average Bonchev–Trinajstić information content (AvgIpc) is 3.72. The molecule has 0 bridgehead atoms. The lowest BCUT2D eigenvalue weighted by molar-refractivity contribution is -0.159. The van der Waals surface area contributed by atoms with Gasteiger partial charge in [-0.2, -0.15) is 0 Å². The van der Waals surface area contributed by atoms with Gasteiger partial charge >= 0.3 is 18.1 Å². The first kappa shape index (κ1) is 33.8. The first-order valence-electron chi connectivity index (χ1n) is 16.5. The molecule has 12 heteroatoms. The average molecular weight is 677 g/mol. The number of methoxy groups -OCH3 is 1. The van der Waals surface area contributed by atoms with Crippen molar-refractivity contribution in [2.45, 2.75) is 63.4 Å². The number of ether oxygens (including phenoxy) is 8. The van der Waals surface area contributed by atoms with Crippen molar-refractivity contribution in [1.82, 2.24) is 0 Å². The molecular formula is C37H40O12. The predicted octanol–water partition coefficient (Wildman–Crippen LogP) is 6.56. The highest BCUT2D eigenvalue weighted by molar-refractivity contribution is 5.80. The molecule has 0 aromatic heterocycles. The monoisotopic (exact) mass is 676 g/mol. The molecule has 3 aliphatic rings. The minimum atomic E-state index is -1.16. The summed E-state index contributed by atoms with van der Waals surface area (Å²) in [5.41, 5.74) is 2.89. The van der Waals surface area contributed by atoms with Crippen LogP contribution >= 0.6 is 0 Å². The number of carboxylic acids is 1. The summed E-state index contributed by atoms with van der Waals surface area (Å²) >= 11 is 0. The van der Waals surface area contributed by atoms with Crippen molar-refractivity contribution in [1.29, 1.82) is 0 Å². The standard InChI is InChI=1S/C37H40O12/c1-3-15-43-25-11-12-26-28(17-25)34(27-13-10-24(42-2)18-30(27)44-19-32(38)39)35(33(26)22-9-14-29-31(16-22)46-20-45-29)36(40)47-21-48-37(41)49-23-7-5-4-6-8-23/h9-14,16-18,23,33-35H,3-8,15,19-21H2,1-2H3,(H,38,39). The van der Waals surface area contributed by atoms with Crippen LogP contribution < -0.4 is 23.7 Å². The smallest absolute Gasteiger partial charge is 0.497 e. The summed E-state index contributed by atoms with van der Waals surface area (Å²) in [6, 6.07) is 16.3. The van der Waals surface area contributed by atoms with Crippen LogP contribution in [0.15, 0.2) is 54.6 Å². The molecule has 0 amide bonds. The van der Waals surface area contributed by atoms with E-state index >= 15 is 0 Å². The van der Waals surface area contributed by atoms with Gasteiger partial charge in [-0.3, -0.25) is 4.79 Å². The molecule has 260 valence electrons. The molecule has 0 saturated heterocycles. The van der Waals surface area contributed by atoms with Crippen LogP contribution in [0, 0.1) is 5.92 Å². The van der Waals surface area contributed by atoms with Gasteiger partial charge in [0, 0.05) is 23.5 Å². The molecule has 49 heavy (non-hydrogen) atoms. The third kappa shape index (κ3) is 7.63. The molecule has 12 nitrogen and oxygen atoms in total. The van der Waals surface area contributed by atoms with E-state index in [9.17, 15) is 19.5 Å². The fourth-order valence-corrected chi connectivity index (χ4v) is 6.87. The molecule has 6 rings (SSSR count). The van der Waals surface area contributed by atoms with Crippen LogP contribution in [0.25, 0.3) is 0 Å². The highest BCUT2D eigenvalue weighted by atomic mass is 16.8. The highest BCUT2D eigenvalue weighted by Crippen LogP contribution is 2.56. The Morgan fingerprint density at radius 1 is 0.816 bits per heavy atom. The third-order valence-corrected chi connectivity index (χ3v) is 9.05. The van der Waals surface area contributed by atoms with Gasteiger partial charge < -0.3 is 43.0 Å². The second-order valence-corrected chi connectivity index (χ2v) is 12.2. The number of fused-ring (bicyclic) bond motifs is 2. The summed E-state index contributed by atoms with van der Waals surface area (Å²) in [5, 5.41) is 9.47. The van der Waals surface area contributed by atoms with Crippen LogP contribution in [0.2, 0.25) is 0 Å². The van der Waals surface area contributed by atoms with Gasteiger partial charge in [-0.05, 0) is 79.1 Å². The molecule has 1 aliphatic heterocycles. The molecule has 1 heterocycles. The number of hydrogen-bond donors (Lipinski definition) is 1. The number of aliphatic carboxylic acids is 1. The van der Waals surface area contributed by atoms with Crippen molar-refractivity contribution in [3.8, 4) is 28.7 Å². The van der Waals surface area contributed by atoms with E-state index in [2.05, 4.69) is 0 Å². The van der Waals surface area contributed by atoms with Crippen LogP contribution in [-0.4, -0.2) is 63.2 Å². The number of carbonyl (C=O) groups is 3. The van der Waals surface area contributed by atoms with Crippen molar-refractivity contribution >= 4 is 18.1 Å². The van der Waals surface area contributed by atoms with Crippen molar-refractivity contribution in [3.05, 3.63) is 76.9 Å². The molecule has 0 radical (unpaired) electrons. The zero-order valence-electron chi connectivity index (χ0n) is 27.5. The molecule has 0 spiro atoms. The maximum atomic E-state index is 14.3. The fourth-order valence-electron chi connectivity index (χ4n) is 6.87. The Balaban J connectivity index is 1.39. The van der Waals surface area contributed by atoms with E-state index in [0.717, 1.165) is 55.2 Å². The van der Waals surface area contributed by atoms with E-state index in [4.69, 9.17) is 37.9 Å². The molecule has 1 fully saturated rings. The lowest BCUT2D eigenvalue weighted by atomic mass is 9.79. The Bertz CT molecular complexity index is 1660. The molecule has 1 N–H and O–H groups in total. The van der Waals surface area contributed by atoms with Crippen molar-refractivity contribution < 1.29 is 57.4 Å². The van der Waals surface area contributed by atoms with Crippen LogP contribution in [0.1, 0.15) is 79.5 Å².